The maximum Gasteiger partial charge on any atom is 0.221 e. The van der Waals surface area contributed by atoms with Crippen molar-refractivity contribution in [3.8, 4) is 0 Å². The van der Waals surface area contributed by atoms with Crippen LogP contribution in [-0.4, -0.2) is 44.9 Å². The number of hydrogen-bond acceptors (Lipinski definition) is 4. The minimum absolute atomic E-state index is 0.00724. The summed E-state index contributed by atoms with van der Waals surface area (Å²) < 4.78 is 49.5. The Morgan fingerprint density at radius 2 is 1.86 bits per heavy atom. The van der Waals surface area contributed by atoms with Gasteiger partial charge >= 0.3 is 0 Å². The fourth-order valence-corrected chi connectivity index (χ4v) is 7.64. The predicted octanol–water partition coefficient (Wildman–Crippen LogP) is 4.46. The molecule has 2 aliphatic heterocycles. The molecule has 2 aromatic carbocycles. The summed E-state index contributed by atoms with van der Waals surface area (Å²) in [6.07, 6.45) is 3.70. The van der Waals surface area contributed by atoms with E-state index in [0.717, 1.165) is 30.4 Å². The third-order valence-electron chi connectivity index (χ3n) is 7.75. The largest absolute Gasteiger partial charge is 0.381 e. The number of sulfonamides is 1. The van der Waals surface area contributed by atoms with E-state index in [4.69, 9.17) is 4.74 Å². The third kappa shape index (κ3) is 5.44. The van der Waals surface area contributed by atoms with Crippen LogP contribution in [0.5, 0.6) is 0 Å². The number of rotatable bonds is 7. The van der Waals surface area contributed by atoms with E-state index in [9.17, 15) is 13.2 Å². The molecule has 6 nitrogen and oxygen atoms in total. The van der Waals surface area contributed by atoms with Crippen molar-refractivity contribution in [1.29, 1.82) is 0 Å². The second kappa shape index (κ2) is 10.8. The van der Waals surface area contributed by atoms with Crippen LogP contribution in [0.2, 0.25) is 0 Å². The number of amides is 1. The second-order valence-electron chi connectivity index (χ2n) is 9.79. The molecule has 1 N–H and O–H groups in total. The Labute approximate surface area is 207 Å². The lowest BCUT2D eigenvalue weighted by Crippen LogP contribution is -2.44. The van der Waals surface area contributed by atoms with Gasteiger partial charge in [-0.1, -0.05) is 42.5 Å². The Hall–Kier alpha value is -2.29. The second-order valence-corrected chi connectivity index (χ2v) is 11.9. The van der Waals surface area contributed by atoms with E-state index in [1.165, 1.54) is 4.31 Å². The van der Waals surface area contributed by atoms with Crippen LogP contribution in [0.4, 0.5) is 4.39 Å². The lowest BCUT2D eigenvalue weighted by atomic mass is 9.71. The molecule has 0 saturated carbocycles. The van der Waals surface area contributed by atoms with Crippen LogP contribution in [0.3, 0.4) is 0 Å². The molecular formula is C27H35FN2O4S. The molecular weight excluding hydrogens is 467 g/mol. The molecule has 4 rings (SSSR count). The minimum atomic E-state index is -3.64. The van der Waals surface area contributed by atoms with Crippen molar-refractivity contribution in [1.82, 2.24) is 9.62 Å². The number of carbonyl (C=O) groups excluding carboxylic acids is 1. The van der Waals surface area contributed by atoms with E-state index in [0.29, 0.717) is 38.0 Å². The van der Waals surface area contributed by atoms with Crippen LogP contribution >= 0.6 is 0 Å². The molecule has 35 heavy (non-hydrogen) atoms. The van der Waals surface area contributed by atoms with Crippen molar-refractivity contribution in [2.45, 2.75) is 68.7 Å². The molecule has 2 unspecified atom stereocenters. The Bertz CT molecular complexity index is 1130. The lowest BCUT2D eigenvalue weighted by molar-refractivity contribution is -0.121. The fourth-order valence-electron chi connectivity index (χ4n) is 5.45. The number of halogens is 1. The molecule has 0 aliphatic carbocycles. The molecule has 0 aromatic heterocycles. The molecule has 0 spiro atoms. The quantitative estimate of drug-likeness (QED) is 0.607. The van der Waals surface area contributed by atoms with Gasteiger partial charge in [0.05, 0.1) is 0 Å². The number of hydrogen-bond donors (Lipinski definition) is 1. The highest BCUT2D eigenvalue weighted by molar-refractivity contribution is 7.89. The maximum absolute atomic E-state index is 15.5. The van der Waals surface area contributed by atoms with Crippen LogP contribution < -0.4 is 5.32 Å². The highest BCUT2D eigenvalue weighted by Gasteiger charge is 2.41. The SMILES string of the molecule is CNC(=O)CCC1(c2ccc(CN3C(C)CCC(c4ccccc4)S3(=O)=O)c(F)c2)CCOCC1. The topological polar surface area (TPSA) is 75.7 Å². The smallest absolute Gasteiger partial charge is 0.221 e. The number of carbonyl (C=O) groups is 1. The van der Waals surface area contributed by atoms with Crippen molar-refractivity contribution in [3.05, 3.63) is 71.0 Å². The zero-order chi connectivity index (χ0) is 25.1. The first-order valence-electron chi connectivity index (χ1n) is 12.4. The van der Waals surface area contributed by atoms with Crippen molar-refractivity contribution in [3.63, 3.8) is 0 Å². The minimum Gasteiger partial charge on any atom is -0.381 e. The molecule has 2 atom stereocenters. The Morgan fingerprint density at radius 3 is 2.51 bits per heavy atom. The number of nitrogens with zero attached hydrogens (tertiary/aromatic N) is 1. The van der Waals surface area contributed by atoms with E-state index < -0.39 is 21.1 Å². The van der Waals surface area contributed by atoms with Gasteiger partial charge in [-0.3, -0.25) is 4.79 Å². The Morgan fingerprint density at radius 1 is 1.14 bits per heavy atom. The lowest BCUT2D eigenvalue weighted by Gasteiger charge is -2.39. The van der Waals surface area contributed by atoms with E-state index in [1.807, 2.05) is 43.3 Å². The highest BCUT2D eigenvalue weighted by Crippen LogP contribution is 2.41. The summed E-state index contributed by atoms with van der Waals surface area (Å²) in [5.74, 6) is -0.442. The van der Waals surface area contributed by atoms with Crippen LogP contribution in [0, 0.1) is 5.82 Å². The molecule has 2 aliphatic rings. The summed E-state index contributed by atoms with van der Waals surface area (Å²) in [4.78, 5) is 11.9. The molecule has 2 aromatic rings. The zero-order valence-corrected chi connectivity index (χ0v) is 21.3. The first-order chi connectivity index (χ1) is 16.8. The average Bonchev–Trinajstić information content (AvgIpc) is 2.86. The van der Waals surface area contributed by atoms with Crippen LogP contribution in [0.1, 0.15) is 67.4 Å². The van der Waals surface area contributed by atoms with Gasteiger partial charge in [0.15, 0.2) is 0 Å². The van der Waals surface area contributed by atoms with Crippen LogP contribution in [0.25, 0.3) is 0 Å². The normalized spacial score (nSPS) is 24.1. The van der Waals surface area contributed by atoms with Crippen molar-refractivity contribution >= 4 is 15.9 Å². The molecule has 1 amide bonds. The van der Waals surface area contributed by atoms with Gasteiger partial charge in [-0.2, -0.15) is 4.31 Å². The monoisotopic (exact) mass is 502 g/mol. The van der Waals surface area contributed by atoms with E-state index >= 15 is 4.39 Å². The number of nitrogens with one attached hydrogen (secondary N) is 1. The van der Waals surface area contributed by atoms with Crippen molar-refractivity contribution in [2.24, 2.45) is 0 Å². The van der Waals surface area contributed by atoms with Crippen LogP contribution in [0.15, 0.2) is 48.5 Å². The fraction of sp³-hybridized carbons (Fsp3) is 0.519. The first kappa shape index (κ1) is 25.8. The number of ether oxygens (including phenoxy) is 1. The number of benzene rings is 2. The molecule has 2 saturated heterocycles. The van der Waals surface area contributed by atoms with E-state index in [-0.39, 0.29) is 23.9 Å². The molecule has 8 heteroatoms. The van der Waals surface area contributed by atoms with Gasteiger partial charge in [0.1, 0.15) is 11.1 Å². The van der Waals surface area contributed by atoms with Gasteiger partial charge < -0.3 is 10.1 Å². The Kier molecular flexibility index (Phi) is 7.93. The van der Waals surface area contributed by atoms with Gasteiger partial charge in [0.2, 0.25) is 15.9 Å². The maximum atomic E-state index is 15.5. The summed E-state index contributed by atoms with van der Waals surface area (Å²) in [6, 6.07) is 14.2. The molecule has 0 bridgehead atoms. The molecule has 2 heterocycles. The van der Waals surface area contributed by atoms with Gasteiger partial charge in [0.25, 0.3) is 0 Å². The molecule has 190 valence electrons. The van der Waals surface area contributed by atoms with Gasteiger partial charge in [-0.25, -0.2) is 12.8 Å². The van der Waals surface area contributed by atoms with Crippen molar-refractivity contribution < 1.29 is 22.3 Å². The molecule has 0 radical (unpaired) electrons. The van der Waals surface area contributed by atoms with Crippen LogP contribution in [-0.2, 0) is 31.5 Å². The zero-order valence-electron chi connectivity index (χ0n) is 20.5. The summed E-state index contributed by atoms with van der Waals surface area (Å²) in [7, 11) is -2.02. The van der Waals surface area contributed by atoms with E-state index in [2.05, 4.69) is 5.32 Å². The van der Waals surface area contributed by atoms with Gasteiger partial charge in [-0.15, -0.1) is 0 Å². The predicted molar refractivity (Wildman–Crippen MR) is 134 cm³/mol. The summed E-state index contributed by atoms with van der Waals surface area (Å²) in [5, 5.41) is 2.05. The highest BCUT2D eigenvalue weighted by atomic mass is 32.2. The average molecular weight is 503 g/mol. The van der Waals surface area contributed by atoms with E-state index in [1.54, 1.807) is 19.2 Å². The molecule has 2 fully saturated rings. The standard InChI is InChI=1S/C27H35FN2O4S/c1-20-8-11-25(21-6-4-3-5-7-21)35(32,33)30(20)19-22-9-10-23(18-24(22)28)27(13-12-26(31)29-2)14-16-34-17-15-27/h3-7,9-10,18,20,25H,8,11-17,19H2,1-2H3,(H,29,31). The third-order valence-corrected chi connectivity index (χ3v) is 10.1. The van der Waals surface area contributed by atoms with Crippen molar-refractivity contribution in [2.75, 3.05) is 20.3 Å². The summed E-state index contributed by atoms with van der Waals surface area (Å²) >= 11 is 0. The summed E-state index contributed by atoms with van der Waals surface area (Å²) in [6.45, 7) is 3.04. The first-order valence-corrected chi connectivity index (χ1v) is 13.9. The van der Waals surface area contributed by atoms with Gasteiger partial charge in [-0.05, 0) is 56.2 Å². The van der Waals surface area contributed by atoms with Gasteiger partial charge in [0, 0.05) is 50.2 Å². The summed E-state index contributed by atoms with van der Waals surface area (Å²) in [5.41, 5.74) is 1.67. The Balaban J connectivity index is 1.58.